The predicted octanol–water partition coefficient (Wildman–Crippen LogP) is -6.68. The van der Waals surface area contributed by atoms with E-state index in [2.05, 4.69) is 4.74 Å². The quantitative estimate of drug-likeness (QED) is 0.349. The number of epoxide rings is 1. The summed E-state index contributed by atoms with van der Waals surface area (Å²) in [4.78, 5) is 0. The SMILES string of the molecule is C1CO1.Cl.[O-][I+3]([O-])([O-])O. The van der Waals surface area contributed by atoms with Crippen LogP contribution in [-0.2, 0) is 4.74 Å². The van der Waals surface area contributed by atoms with Crippen molar-refractivity contribution < 1.29 is 38.6 Å². The third-order valence-corrected chi connectivity index (χ3v) is 0.204. The maximum atomic E-state index is 8.73. The van der Waals surface area contributed by atoms with Gasteiger partial charge >= 0.3 is 20.1 Å². The number of rotatable bonds is 0. The molecule has 0 bridgehead atoms. The third kappa shape index (κ3) is 124. The lowest BCUT2D eigenvalue weighted by molar-refractivity contribution is -1.92. The lowest BCUT2D eigenvalue weighted by Gasteiger charge is -1.93. The maximum absolute atomic E-state index is 8.73. The second kappa shape index (κ2) is 5.59. The molecule has 1 aliphatic rings. The van der Waals surface area contributed by atoms with Crippen molar-refractivity contribution in [2.75, 3.05) is 13.2 Å². The Morgan fingerprint density at radius 2 is 1.33 bits per heavy atom. The molecule has 1 saturated heterocycles. The van der Waals surface area contributed by atoms with E-state index in [0.717, 1.165) is 13.2 Å². The molecule has 1 fully saturated rings. The van der Waals surface area contributed by atoms with Crippen molar-refractivity contribution in [1.82, 2.24) is 0 Å². The van der Waals surface area contributed by atoms with Gasteiger partial charge in [0.15, 0.2) is 0 Å². The van der Waals surface area contributed by atoms with Crippen molar-refractivity contribution in [2.24, 2.45) is 0 Å². The van der Waals surface area contributed by atoms with Gasteiger partial charge in [-0.15, -0.1) is 12.4 Å². The monoisotopic (exact) mass is 272 g/mol. The molecule has 0 amide bonds. The molecule has 9 heavy (non-hydrogen) atoms. The second-order valence-corrected chi connectivity index (χ2v) is 3.27. The fourth-order valence-electron chi connectivity index (χ4n) is 0. The summed E-state index contributed by atoms with van der Waals surface area (Å²) in [5.74, 6) is 0. The minimum atomic E-state index is -5.69. The van der Waals surface area contributed by atoms with Crippen LogP contribution in [0.25, 0.3) is 0 Å². The molecule has 0 unspecified atom stereocenters. The van der Waals surface area contributed by atoms with E-state index in [0.29, 0.717) is 0 Å². The highest BCUT2D eigenvalue weighted by Crippen LogP contribution is 1.84. The smallest absolute Gasteiger partial charge is 0.368 e. The van der Waals surface area contributed by atoms with Crippen LogP contribution in [0, 0.1) is 0 Å². The number of hydrogen-bond acceptors (Lipinski definition) is 5. The molecule has 0 atom stereocenters. The van der Waals surface area contributed by atoms with E-state index in [1.54, 1.807) is 0 Å². The highest BCUT2D eigenvalue weighted by molar-refractivity contribution is 5.85. The van der Waals surface area contributed by atoms with Crippen molar-refractivity contribution in [3.05, 3.63) is 0 Å². The average molecular weight is 272 g/mol. The Morgan fingerprint density at radius 1 is 1.22 bits per heavy atom. The zero-order valence-corrected chi connectivity index (χ0v) is 7.25. The molecule has 0 radical (unpaired) electrons. The van der Waals surface area contributed by atoms with Gasteiger partial charge in [0.05, 0.1) is 13.2 Å². The molecule has 1 heterocycles. The van der Waals surface area contributed by atoms with Crippen LogP contribution < -0.4 is 30.4 Å². The first-order valence-electron chi connectivity index (χ1n) is 1.71. The lowest BCUT2D eigenvalue weighted by Crippen LogP contribution is -4.23. The summed E-state index contributed by atoms with van der Waals surface area (Å²) < 4.78 is 37.7. The Labute approximate surface area is 64.4 Å². The highest BCUT2D eigenvalue weighted by atomic mass is 127. The van der Waals surface area contributed by atoms with Crippen LogP contribution in [0.3, 0.4) is 0 Å². The zero-order valence-electron chi connectivity index (χ0n) is 4.28. The van der Waals surface area contributed by atoms with Gasteiger partial charge in [-0.3, -0.25) is 10.3 Å². The number of hydrogen-bond donors (Lipinski definition) is 1. The standard InChI is InChI=1S/C2H4O.ClH.HIO4/c1-2-3-1;;2-1(3,4)5/h1-2H2;1H;2H. The summed E-state index contributed by atoms with van der Waals surface area (Å²) in [6.07, 6.45) is 0. The van der Waals surface area contributed by atoms with Gasteiger partial charge in [-0.1, -0.05) is 0 Å². The fourth-order valence-corrected chi connectivity index (χ4v) is 0. The van der Waals surface area contributed by atoms with Crippen molar-refractivity contribution in [3.8, 4) is 0 Å². The Morgan fingerprint density at radius 3 is 1.33 bits per heavy atom. The Bertz CT molecular complexity index is 51.7. The van der Waals surface area contributed by atoms with Crippen LogP contribution in [0.2, 0.25) is 0 Å². The van der Waals surface area contributed by atoms with Gasteiger partial charge in [0.2, 0.25) is 0 Å². The minimum absolute atomic E-state index is 0. The molecule has 0 saturated carbocycles. The molecular formula is C2H6ClIO5. The molecule has 1 rings (SSSR count). The average Bonchev–Trinajstić information content (AvgIpc) is 1.95. The third-order valence-electron chi connectivity index (χ3n) is 0.204. The van der Waals surface area contributed by atoms with Crippen molar-refractivity contribution >= 4 is 12.4 Å². The van der Waals surface area contributed by atoms with E-state index >= 15 is 0 Å². The molecular weight excluding hydrogens is 266 g/mol. The number of ether oxygens (including phenoxy) is 1. The molecule has 0 aromatic rings. The fraction of sp³-hybridized carbons (Fsp3) is 1.00. The van der Waals surface area contributed by atoms with Crippen LogP contribution in [-0.4, -0.2) is 16.6 Å². The van der Waals surface area contributed by atoms with Crippen LogP contribution in [0.1, 0.15) is 0 Å². The first-order chi connectivity index (χ1) is 3.50. The first-order valence-corrected chi connectivity index (χ1v) is 5.32. The minimum Gasteiger partial charge on any atom is -0.377 e. The molecule has 0 aromatic heterocycles. The maximum Gasteiger partial charge on any atom is 0.368 e. The summed E-state index contributed by atoms with van der Waals surface area (Å²) in [7, 11) is 0. The van der Waals surface area contributed by atoms with Crippen LogP contribution in [0.4, 0.5) is 0 Å². The predicted molar refractivity (Wildman–Crippen MR) is 20.3 cm³/mol. The highest BCUT2D eigenvalue weighted by Gasteiger charge is 2.11. The Balaban J connectivity index is 0. The van der Waals surface area contributed by atoms with Crippen LogP contribution >= 0.6 is 12.4 Å². The molecule has 7 heteroatoms. The van der Waals surface area contributed by atoms with E-state index in [-0.39, 0.29) is 12.4 Å². The molecule has 1 N–H and O–H groups in total. The number of halogens is 2. The van der Waals surface area contributed by atoms with E-state index in [1.807, 2.05) is 0 Å². The van der Waals surface area contributed by atoms with E-state index < -0.39 is 20.1 Å². The summed E-state index contributed by atoms with van der Waals surface area (Å²) >= 11 is -5.69. The van der Waals surface area contributed by atoms with E-state index in [4.69, 9.17) is 13.7 Å². The van der Waals surface area contributed by atoms with Crippen LogP contribution in [0.5, 0.6) is 0 Å². The molecule has 58 valence electrons. The van der Waals surface area contributed by atoms with E-state index in [1.165, 1.54) is 0 Å². The van der Waals surface area contributed by atoms with Gasteiger partial charge in [0.1, 0.15) is 0 Å². The van der Waals surface area contributed by atoms with Gasteiger partial charge in [-0.2, -0.15) is 0 Å². The van der Waals surface area contributed by atoms with Gasteiger partial charge < -0.3 is 4.74 Å². The molecule has 0 aliphatic carbocycles. The molecule has 0 spiro atoms. The normalized spacial score (nSPS) is 14.7. The van der Waals surface area contributed by atoms with Gasteiger partial charge in [0.25, 0.3) is 0 Å². The van der Waals surface area contributed by atoms with Gasteiger partial charge in [-0.05, 0) is 0 Å². The molecule has 0 aromatic carbocycles. The van der Waals surface area contributed by atoms with Crippen molar-refractivity contribution in [3.63, 3.8) is 0 Å². The summed E-state index contributed by atoms with van der Waals surface area (Å²) in [5.41, 5.74) is 0. The largest absolute Gasteiger partial charge is 0.377 e. The Hall–Kier alpha value is 0.820. The zero-order chi connectivity index (χ0) is 6.62. The molecule has 1 aliphatic heterocycles. The van der Waals surface area contributed by atoms with Gasteiger partial charge in [-0.25, -0.2) is 0 Å². The van der Waals surface area contributed by atoms with Crippen molar-refractivity contribution in [2.45, 2.75) is 0 Å². The van der Waals surface area contributed by atoms with E-state index in [9.17, 15) is 0 Å². The molecule has 5 nitrogen and oxygen atoms in total. The second-order valence-electron chi connectivity index (χ2n) is 1.01. The van der Waals surface area contributed by atoms with Gasteiger partial charge in [0, 0.05) is 3.44 Å². The van der Waals surface area contributed by atoms with Crippen LogP contribution in [0.15, 0.2) is 0 Å². The summed E-state index contributed by atoms with van der Waals surface area (Å²) in [6.45, 7) is 2.00. The summed E-state index contributed by atoms with van der Waals surface area (Å²) in [5, 5.41) is 0. The Kier molecular flexibility index (Phi) is 7.76. The lowest BCUT2D eigenvalue weighted by atomic mass is 11.0. The topological polar surface area (TPSA) is 102 Å². The van der Waals surface area contributed by atoms with Crippen molar-refractivity contribution in [1.29, 1.82) is 0 Å². The first kappa shape index (κ1) is 12.5. The summed E-state index contributed by atoms with van der Waals surface area (Å²) in [6, 6.07) is 0.